The molecule has 0 aromatic carbocycles. The van der Waals surface area contributed by atoms with Gasteiger partial charge in [-0.05, 0) is 30.8 Å². The van der Waals surface area contributed by atoms with Gasteiger partial charge < -0.3 is 4.90 Å². The number of likely N-dealkylation sites (N-methyl/N-ethyl adjacent to an activating group) is 1. The Morgan fingerprint density at radius 1 is 1.33 bits per heavy atom. The van der Waals surface area contributed by atoms with Crippen molar-refractivity contribution >= 4 is 5.91 Å². The van der Waals surface area contributed by atoms with Gasteiger partial charge in [0.05, 0.1) is 0 Å². The molecule has 0 aromatic heterocycles. The minimum absolute atomic E-state index is 0.249. The van der Waals surface area contributed by atoms with Crippen LogP contribution in [0.1, 0.15) is 27.2 Å². The summed E-state index contributed by atoms with van der Waals surface area (Å²) in [4.78, 5) is 13.7. The Morgan fingerprint density at radius 2 is 2.00 bits per heavy atom. The van der Waals surface area contributed by atoms with E-state index in [0.29, 0.717) is 5.92 Å². The maximum Gasteiger partial charge on any atom is 0.254 e. The Morgan fingerprint density at radius 3 is 2.67 bits per heavy atom. The number of amides is 1. The summed E-state index contributed by atoms with van der Waals surface area (Å²) in [5.41, 5.74) is 2.28. The third-order valence-electron chi connectivity index (χ3n) is 3.29. The third kappa shape index (κ3) is 1.62. The highest BCUT2D eigenvalue weighted by Gasteiger charge is 2.42. The zero-order valence-corrected chi connectivity index (χ0v) is 9.79. The van der Waals surface area contributed by atoms with Crippen LogP contribution in [0.15, 0.2) is 23.3 Å². The van der Waals surface area contributed by atoms with Crippen LogP contribution in [0.2, 0.25) is 0 Å². The van der Waals surface area contributed by atoms with Gasteiger partial charge in [0.25, 0.3) is 5.91 Å². The van der Waals surface area contributed by atoms with Crippen molar-refractivity contribution < 1.29 is 4.79 Å². The largest absolute Gasteiger partial charge is 0.335 e. The van der Waals surface area contributed by atoms with Crippen molar-refractivity contribution in [2.24, 2.45) is 11.8 Å². The molecule has 1 aliphatic heterocycles. The van der Waals surface area contributed by atoms with E-state index in [0.717, 1.165) is 24.6 Å². The Bertz CT molecular complexity index is 340. The van der Waals surface area contributed by atoms with Crippen molar-refractivity contribution in [2.75, 3.05) is 13.1 Å². The average Bonchev–Trinajstić information content (AvgIpc) is 2.97. The van der Waals surface area contributed by atoms with Gasteiger partial charge in [0, 0.05) is 18.7 Å². The smallest absolute Gasteiger partial charge is 0.254 e. The Hall–Kier alpha value is -1.05. The van der Waals surface area contributed by atoms with Crippen molar-refractivity contribution in [3.8, 4) is 0 Å². The van der Waals surface area contributed by atoms with E-state index >= 15 is 0 Å². The van der Waals surface area contributed by atoms with Crippen LogP contribution in [-0.4, -0.2) is 23.9 Å². The predicted octanol–water partition coefficient (Wildman–Crippen LogP) is 2.38. The summed E-state index contributed by atoms with van der Waals surface area (Å²) < 4.78 is 0. The topological polar surface area (TPSA) is 20.3 Å². The number of likely N-dealkylation sites (tertiary alicyclic amines) is 1. The molecule has 0 bridgehead atoms. The van der Waals surface area contributed by atoms with Crippen molar-refractivity contribution in [2.45, 2.75) is 27.2 Å². The van der Waals surface area contributed by atoms with Crippen LogP contribution < -0.4 is 0 Å². The minimum Gasteiger partial charge on any atom is -0.335 e. The van der Waals surface area contributed by atoms with E-state index in [2.05, 4.69) is 12.2 Å². The van der Waals surface area contributed by atoms with Crippen LogP contribution in [0, 0.1) is 11.8 Å². The molecule has 0 N–H and O–H groups in total. The molecular formula is C13H19NO. The van der Waals surface area contributed by atoms with Gasteiger partial charge >= 0.3 is 0 Å². The van der Waals surface area contributed by atoms with Crippen LogP contribution in [0.25, 0.3) is 0 Å². The van der Waals surface area contributed by atoms with Crippen LogP contribution >= 0.6 is 0 Å². The molecule has 1 saturated heterocycles. The minimum atomic E-state index is 0.249. The van der Waals surface area contributed by atoms with Gasteiger partial charge in [-0.2, -0.15) is 0 Å². The standard InChI is InChI=1S/C11H13NO.C2H6/c1-2-12-6-9-4-7-3-8(7)5-10(9)11(12)13;1-2/h4-5,7-8H,2-3,6H2,1H3;1-2H3. The maximum atomic E-state index is 11.8. The number of carbonyl (C=O) groups is 1. The number of rotatable bonds is 1. The lowest BCUT2D eigenvalue weighted by molar-refractivity contribution is -0.124. The molecular weight excluding hydrogens is 186 g/mol. The summed E-state index contributed by atoms with van der Waals surface area (Å²) in [7, 11) is 0. The second kappa shape index (κ2) is 3.84. The highest BCUT2D eigenvalue weighted by molar-refractivity contribution is 6.01. The fourth-order valence-electron chi connectivity index (χ4n) is 2.34. The second-order valence-electron chi connectivity index (χ2n) is 4.15. The Kier molecular flexibility index (Phi) is 2.68. The predicted molar refractivity (Wildman–Crippen MR) is 61.4 cm³/mol. The SMILES string of the molecule is CC.CCN1CC2=CC3CC3C=C2C1=O. The first-order valence-electron chi connectivity index (χ1n) is 6.01. The molecule has 2 unspecified atom stereocenters. The molecule has 0 radical (unpaired) electrons. The molecule has 2 atom stereocenters. The Balaban J connectivity index is 0.000000404. The summed E-state index contributed by atoms with van der Waals surface area (Å²) in [5, 5.41) is 0. The van der Waals surface area contributed by atoms with Crippen LogP contribution in [-0.2, 0) is 4.79 Å². The molecule has 3 rings (SSSR count). The van der Waals surface area contributed by atoms with Crippen LogP contribution in [0.4, 0.5) is 0 Å². The van der Waals surface area contributed by atoms with Crippen LogP contribution in [0.3, 0.4) is 0 Å². The van der Waals surface area contributed by atoms with Gasteiger partial charge in [0.15, 0.2) is 0 Å². The number of allylic oxidation sites excluding steroid dienone is 2. The fraction of sp³-hybridized carbons (Fsp3) is 0.615. The van der Waals surface area contributed by atoms with Crippen molar-refractivity contribution in [1.29, 1.82) is 0 Å². The fourth-order valence-corrected chi connectivity index (χ4v) is 2.34. The molecule has 15 heavy (non-hydrogen) atoms. The summed E-state index contributed by atoms with van der Waals surface area (Å²) in [6.07, 6.45) is 5.78. The molecule has 2 aliphatic carbocycles. The maximum absolute atomic E-state index is 11.8. The zero-order chi connectivity index (χ0) is 11.0. The Labute approximate surface area is 91.6 Å². The quantitative estimate of drug-likeness (QED) is 0.643. The molecule has 2 nitrogen and oxygen atoms in total. The van der Waals surface area contributed by atoms with E-state index in [9.17, 15) is 4.79 Å². The van der Waals surface area contributed by atoms with Gasteiger partial charge in [-0.3, -0.25) is 4.79 Å². The summed E-state index contributed by atoms with van der Waals surface area (Å²) >= 11 is 0. The summed E-state index contributed by atoms with van der Waals surface area (Å²) in [5.74, 6) is 1.71. The molecule has 1 saturated carbocycles. The first-order chi connectivity index (χ1) is 7.29. The molecule has 3 aliphatic rings. The van der Waals surface area contributed by atoms with Crippen molar-refractivity contribution in [1.82, 2.24) is 4.90 Å². The summed E-state index contributed by atoms with van der Waals surface area (Å²) in [6, 6.07) is 0. The molecule has 2 heteroatoms. The van der Waals surface area contributed by atoms with Gasteiger partial charge in [-0.1, -0.05) is 26.0 Å². The van der Waals surface area contributed by atoms with E-state index in [-0.39, 0.29) is 5.91 Å². The first kappa shape index (κ1) is 10.5. The normalized spacial score (nSPS) is 30.9. The number of nitrogens with zero attached hydrogens (tertiary/aromatic N) is 1. The highest BCUT2D eigenvalue weighted by Crippen LogP contribution is 2.47. The van der Waals surface area contributed by atoms with Gasteiger partial charge in [-0.15, -0.1) is 0 Å². The summed E-state index contributed by atoms with van der Waals surface area (Å²) in [6.45, 7) is 7.73. The lowest BCUT2D eigenvalue weighted by Crippen LogP contribution is -2.24. The molecule has 1 amide bonds. The highest BCUT2D eigenvalue weighted by atomic mass is 16.2. The van der Waals surface area contributed by atoms with Crippen LogP contribution in [0.5, 0.6) is 0 Å². The third-order valence-corrected chi connectivity index (χ3v) is 3.29. The number of hydrogen-bond donors (Lipinski definition) is 0. The lowest BCUT2D eigenvalue weighted by atomic mass is 10.0. The van der Waals surface area contributed by atoms with Crippen molar-refractivity contribution in [3.05, 3.63) is 23.3 Å². The number of hydrogen-bond acceptors (Lipinski definition) is 1. The first-order valence-corrected chi connectivity index (χ1v) is 6.01. The molecule has 1 heterocycles. The molecule has 0 spiro atoms. The molecule has 82 valence electrons. The average molecular weight is 205 g/mol. The molecule has 0 aromatic rings. The second-order valence-corrected chi connectivity index (χ2v) is 4.15. The van der Waals surface area contributed by atoms with E-state index in [1.807, 2.05) is 25.7 Å². The monoisotopic (exact) mass is 205 g/mol. The van der Waals surface area contributed by atoms with E-state index in [1.54, 1.807) is 0 Å². The zero-order valence-electron chi connectivity index (χ0n) is 9.79. The molecule has 2 fully saturated rings. The van der Waals surface area contributed by atoms with Gasteiger partial charge in [0.1, 0.15) is 0 Å². The van der Waals surface area contributed by atoms with Crippen molar-refractivity contribution in [3.63, 3.8) is 0 Å². The van der Waals surface area contributed by atoms with Gasteiger partial charge in [0.2, 0.25) is 0 Å². The lowest BCUT2D eigenvalue weighted by Gasteiger charge is -2.09. The number of fused-ring (bicyclic) bond motifs is 2. The number of carbonyl (C=O) groups excluding carboxylic acids is 1. The van der Waals surface area contributed by atoms with Gasteiger partial charge in [-0.25, -0.2) is 0 Å². The van der Waals surface area contributed by atoms with E-state index in [4.69, 9.17) is 0 Å². The van der Waals surface area contributed by atoms with E-state index in [1.165, 1.54) is 12.0 Å². The van der Waals surface area contributed by atoms with E-state index < -0.39 is 0 Å².